The first kappa shape index (κ1) is 12.3. The molecule has 1 unspecified atom stereocenters. The van der Waals surface area contributed by atoms with Crippen molar-refractivity contribution in [2.45, 2.75) is 25.4 Å². The summed E-state index contributed by atoms with van der Waals surface area (Å²) in [6.45, 7) is 1.58. The molecule has 0 bridgehead atoms. The van der Waals surface area contributed by atoms with E-state index in [9.17, 15) is 14.3 Å². The minimum atomic E-state index is -1.07. The van der Waals surface area contributed by atoms with E-state index in [-0.39, 0.29) is 12.2 Å². The van der Waals surface area contributed by atoms with E-state index < -0.39 is 5.60 Å². The van der Waals surface area contributed by atoms with Gasteiger partial charge in [0.15, 0.2) is 0 Å². The molecule has 0 aliphatic heterocycles. The third-order valence-electron chi connectivity index (χ3n) is 2.09. The molecule has 2 nitrogen and oxygen atoms in total. The fourth-order valence-corrected chi connectivity index (χ4v) is 1.77. The molecule has 0 spiro atoms. The van der Waals surface area contributed by atoms with Crippen LogP contribution in [0.5, 0.6) is 0 Å². The van der Waals surface area contributed by atoms with Crippen molar-refractivity contribution >= 4 is 22.2 Å². The van der Waals surface area contributed by atoms with Gasteiger partial charge in [-0.25, -0.2) is 4.39 Å². The number of carbonyl (C=O) groups is 1. The first-order chi connectivity index (χ1) is 6.94. The van der Waals surface area contributed by atoms with Gasteiger partial charge in [0.25, 0.3) is 0 Å². The summed E-state index contributed by atoms with van der Waals surface area (Å²) in [4.78, 5) is 10.3. The standard InChI is InChI=1S/C11H12BrFO2/c1-11(15,4-5-14)7-8-2-3-10(13)9(12)6-8/h2-3,5-6,15H,4,7H2,1H3. The van der Waals surface area contributed by atoms with E-state index in [0.717, 1.165) is 5.56 Å². The van der Waals surface area contributed by atoms with Crippen molar-refractivity contribution < 1.29 is 14.3 Å². The molecule has 1 rings (SSSR count). The Morgan fingerprint density at radius 1 is 1.60 bits per heavy atom. The summed E-state index contributed by atoms with van der Waals surface area (Å²) in [5, 5.41) is 9.79. The van der Waals surface area contributed by atoms with Gasteiger partial charge >= 0.3 is 0 Å². The molecule has 15 heavy (non-hydrogen) atoms. The van der Waals surface area contributed by atoms with Gasteiger partial charge in [0.05, 0.1) is 10.1 Å². The summed E-state index contributed by atoms with van der Waals surface area (Å²) >= 11 is 3.07. The van der Waals surface area contributed by atoms with E-state index in [1.165, 1.54) is 6.07 Å². The van der Waals surface area contributed by atoms with Crippen molar-refractivity contribution in [1.82, 2.24) is 0 Å². The molecule has 0 saturated heterocycles. The molecule has 0 aromatic heterocycles. The molecule has 0 aliphatic rings. The van der Waals surface area contributed by atoms with Crippen LogP contribution in [-0.4, -0.2) is 17.0 Å². The Balaban J connectivity index is 2.80. The van der Waals surface area contributed by atoms with Crippen LogP contribution in [0.25, 0.3) is 0 Å². The van der Waals surface area contributed by atoms with Crippen LogP contribution < -0.4 is 0 Å². The third-order valence-corrected chi connectivity index (χ3v) is 2.70. The first-order valence-corrected chi connectivity index (χ1v) is 5.34. The molecule has 0 amide bonds. The number of aldehydes is 1. The molecule has 1 aromatic rings. The second-order valence-electron chi connectivity index (χ2n) is 3.79. The van der Waals surface area contributed by atoms with Crippen LogP contribution in [0.1, 0.15) is 18.9 Å². The number of hydrogen-bond acceptors (Lipinski definition) is 2. The Hall–Kier alpha value is -0.740. The number of halogens is 2. The van der Waals surface area contributed by atoms with Gasteiger partial charge in [0.2, 0.25) is 0 Å². The quantitative estimate of drug-likeness (QED) is 0.857. The van der Waals surface area contributed by atoms with Gasteiger partial charge in [-0.3, -0.25) is 0 Å². The Kier molecular flexibility index (Phi) is 3.99. The normalized spacial score (nSPS) is 14.7. The van der Waals surface area contributed by atoms with Crippen LogP contribution in [0.3, 0.4) is 0 Å². The first-order valence-electron chi connectivity index (χ1n) is 4.54. The zero-order chi connectivity index (χ0) is 11.5. The average Bonchev–Trinajstić information content (AvgIpc) is 2.10. The smallest absolute Gasteiger partial charge is 0.137 e. The lowest BCUT2D eigenvalue weighted by Gasteiger charge is -2.20. The highest BCUT2D eigenvalue weighted by Gasteiger charge is 2.20. The van der Waals surface area contributed by atoms with Gasteiger partial charge in [0, 0.05) is 12.8 Å². The average molecular weight is 275 g/mol. The highest BCUT2D eigenvalue weighted by atomic mass is 79.9. The van der Waals surface area contributed by atoms with Gasteiger partial charge in [-0.15, -0.1) is 0 Å². The maximum Gasteiger partial charge on any atom is 0.137 e. The molecule has 0 saturated carbocycles. The predicted molar refractivity (Wildman–Crippen MR) is 59.1 cm³/mol. The molecule has 0 fully saturated rings. The molecule has 0 heterocycles. The summed E-state index contributed by atoms with van der Waals surface area (Å²) in [5.74, 6) is -0.339. The highest BCUT2D eigenvalue weighted by molar-refractivity contribution is 9.10. The van der Waals surface area contributed by atoms with Crippen LogP contribution in [0.2, 0.25) is 0 Å². The van der Waals surface area contributed by atoms with Gasteiger partial charge in [-0.1, -0.05) is 6.07 Å². The van der Waals surface area contributed by atoms with E-state index in [1.807, 2.05) is 0 Å². The molecule has 1 N–H and O–H groups in total. The number of benzene rings is 1. The van der Waals surface area contributed by atoms with Gasteiger partial charge < -0.3 is 9.90 Å². The molecular weight excluding hydrogens is 263 g/mol. The lowest BCUT2D eigenvalue weighted by molar-refractivity contribution is -0.111. The molecule has 4 heteroatoms. The van der Waals surface area contributed by atoms with E-state index >= 15 is 0 Å². The monoisotopic (exact) mass is 274 g/mol. The third kappa shape index (κ3) is 3.72. The fraction of sp³-hybridized carbons (Fsp3) is 0.364. The van der Waals surface area contributed by atoms with Crippen LogP contribution in [0, 0.1) is 5.82 Å². The van der Waals surface area contributed by atoms with Crippen molar-refractivity contribution in [2.75, 3.05) is 0 Å². The predicted octanol–water partition coefficient (Wildman–Crippen LogP) is 2.47. The van der Waals surface area contributed by atoms with Crippen LogP contribution in [-0.2, 0) is 11.2 Å². The SMILES string of the molecule is CC(O)(CC=O)Cc1ccc(F)c(Br)c1. The molecule has 0 radical (unpaired) electrons. The molecular formula is C11H12BrFO2. The molecule has 1 atom stereocenters. The van der Waals surface area contributed by atoms with Gasteiger partial charge in [-0.05, 0) is 40.5 Å². The Labute approximate surface area is 96.2 Å². The maximum absolute atomic E-state index is 12.9. The maximum atomic E-state index is 12.9. The second-order valence-corrected chi connectivity index (χ2v) is 4.65. The number of carbonyl (C=O) groups excluding carboxylic acids is 1. The molecule has 0 aliphatic carbocycles. The Morgan fingerprint density at radius 3 is 2.80 bits per heavy atom. The summed E-state index contributed by atoms with van der Waals surface area (Å²) in [6, 6.07) is 4.53. The number of aliphatic hydroxyl groups is 1. The summed E-state index contributed by atoms with van der Waals surface area (Å²) < 4.78 is 13.3. The Bertz CT molecular complexity index is 364. The zero-order valence-corrected chi connectivity index (χ0v) is 9.92. The number of rotatable bonds is 4. The molecule has 82 valence electrons. The largest absolute Gasteiger partial charge is 0.389 e. The van der Waals surface area contributed by atoms with E-state index in [0.29, 0.717) is 17.2 Å². The van der Waals surface area contributed by atoms with E-state index in [4.69, 9.17) is 0 Å². The summed E-state index contributed by atoms with van der Waals surface area (Å²) in [6.07, 6.45) is 1.07. The summed E-state index contributed by atoms with van der Waals surface area (Å²) in [7, 11) is 0. The second kappa shape index (κ2) is 4.86. The minimum Gasteiger partial charge on any atom is -0.389 e. The number of hydrogen-bond donors (Lipinski definition) is 1. The fourth-order valence-electron chi connectivity index (χ4n) is 1.34. The van der Waals surface area contributed by atoms with Crippen molar-refractivity contribution in [2.24, 2.45) is 0 Å². The van der Waals surface area contributed by atoms with Crippen molar-refractivity contribution in [3.8, 4) is 0 Å². The summed E-state index contributed by atoms with van der Waals surface area (Å²) in [5.41, 5.74) is -0.283. The van der Waals surface area contributed by atoms with Crippen molar-refractivity contribution in [3.05, 3.63) is 34.1 Å². The van der Waals surface area contributed by atoms with Crippen LogP contribution in [0.15, 0.2) is 22.7 Å². The zero-order valence-electron chi connectivity index (χ0n) is 8.34. The van der Waals surface area contributed by atoms with Crippen LogP contribution in [0.4, 0.5) is 4.39 Å². The lowest BCUT2D eigenvalue weighted by atomic mass is 9.94. The van der Waals surface area contributed by atoms with Crippen LogP contribution >= 0.6 is 15.9 Å². The van der Waals surface area contributed by atoms with E-state index in [1.54, 1.807) is 19.1 Å². The lowest BCUT2D eigenvalue weighted by Crippen LogP contribution is -2.27. The van der Waals surface area contributed by atoms with Crippen molar-refractivity contribution in [1.29, 1.82) is 0 Å². The highest BCUT2D eigenvalue weighted by Crippen LogP contribution is 2.21. The van der Waals surface area contributed by atoms with Gasteiger partial charge in [-0.2, -0.15) is 0 Å². The van der Waals surface area contributed by atoms with Gasteiger partial charge in [0.1, 0.15) is 12.1 Å². The Morgan fingerprint density at radius 2 is 2.27 bits per heavy atom. The van der Waals surface area contributed by atoms with E-state index in [2.05, 4.69) is 15.9 Å². The minimum absolute atomic E-state index is 0.0714. The topological polar surface area (TPSA) is 37.3 Å². The van der Waals surface area contributed by atoms with Crippen molar-refractivity contribution in [3.63, 3.8) is 0 Å². The molecule has 1 aromatic carbocycles.